The molecule has 0 atom stereocenters. The molecule has 0 N–H and O–H groups in total. The second kappa shape index (κ2) is 32.9. The van der Waals surface area contributed by atoms with E-state index in [9.17, 15) is 0 Å². The molecule has 0 radical (unpaired) electrons. The van der Waals surface area contributed by atoms with Crippen LogP contribution in [-0.2, 0) is 13.5 Å². The summed E-state index contributed by atoms with van der Waals surface area (Å²) in [7, 11) is 10.0. The fourth-order valence-corrected chi connectivity index (χ4v) is 10.4. The Bertz CT molecular complexity index is 2620. The molecule has 9 nitrogen and oxygen atoms in total. The Kier molecular flexibility index (Phi) is 25.9. The van der Waals surface area contributed by atoms with Gasteiger partial charge in [0.1, 0.15) is 51.7 Å². The van der Waals surface area contributed by atoms with Crippen LogP contribution in [0, 0.1) is 62.3 Å². The summed E-state index contributed by atoms with van der Waals surface area (Å²) in [6, 6.07) is 70.7. The molecule has 0 unspecified atom stereocenters. The van der Waals surface area contributed by atoms with Crippen molar-refractivity contribution in [3.8, 4) is 51.7 Å². The first-order valence-electron chi connectivity index (χ1n) is 24.8. The molecule has 9 aromatic carbocycles. The maximum atomic E-state index is 6.08. The molecular weight excluding hydrogens is 1290 g/mol. The Balaban J connectivity index is 0.000000185. The Hall–Kier alpha value is -6.01. The minimum atomic E-state index is -1.92. The Morgan fingerprint density at radius 1 is 0.203 bits per heavy atom. The van der Waals surface area contributed by atoms with Gasteiger partial charge in [0.25, 0.3) is 0 Å². The van der Waals surface area contributed by atoms with Gasteiger partial charge in [0.15, 0.2) is 0 Å². The first-order valence-corrected chi connectivity index (χ1v) is 37.0. The molecule has 0 aliphatic heterocycles. The second-order valence-corrected chi connectivity index (χ2v) is 30.9. The van der Waals surface area contributed by atoms with Crippen molar-refractivity contribution < 1.29 is 54.2 Å². The summed E-state index contributed by atoms with van der Waals surface area (Å²) in [6.07, 6.45) is 0. The van der Waals surface area contributed by atoms with E-state index in [2.05, 4.69) is 0 Å². The predicted molar refractivity (Wildman–Crippen MR) is 325 cm³/mol. The second-order valence-electron chi connectivity index (χ2n) is 17.5. The molecule has 9 aromatic rings. The maximum absolute atomic E-state index is 6.08. The summed E-state index contributed by atoms with van der Waals surface area (Å²) < 4.78 is 54.8. The summed E-state index contributed by atoms with van der Waals surface area (Å²) in [5, 5.41) is 0. The van der Waals surface area contributed by atoms with Crippen molar-refractivity contribution in [3.05, 3.63) is 268 Å². The zero-order valence-electron chi connectivity index (χ0n) is 45.3. The molecule has 0 bridgehead atoms. The average molecular weight is 1360 g/mol. The number of halogens is 3. The van der Waals surface area contributed by atoms with Gasteiger partial charge in [0.05, 0.1) is 0 Å². The van der Waals surface area contributed by atoms with Crippen molar-refractivity contribution in [2.45, 2.75) is 62.3 Å². The Morgan fingerprint density at radius 3 is 0.380 bits per heavy atom. The topological polar surface area (TPSA) is 83.1 Å². The van der Waals surface area contributed by atoms with E-state index in [0.717, 1.165) is 102 Å². The van der Waals surface area contributed by atoms with E-state index in [1.54, 1.807) is 0 Å². The van der Waals surface area contributed by atoms with Crippen LogP contribution in [0.1, 0.15) is 50.1 Å². The van der Waals surface area contributed by atoms with Gasteiger partial charge >= 0.3 is 68.0 Å². The molecule has 0 saturated heterocycles. The van der Waals surface area contributed by atoms with Gasteiger partial charge in [-0.2, -0.15) is 0 Å². The Morgan fingerprint density at radius 2 is 0.291 bits per heavy atom. The van der Waals surface area contributed by atoms with Crippen LogP contribution in [0.2, 0.25) is 0 Å². The third-order valence-corrected chi connectivity index (χ3v) is 14.5. The van der Waals surface area contributed by atoms with E-state index in [1.165, 1.54) is 0 Å². The Labute approximate surface area is 487 Å². The molecule has 0 spiro atoms. The van der Waals surface area contributed by atoms with E-state index < -0.39 is 39.3 Å². The summed E-state index contributed by atoms with van der Waals surface area (Å²) in [6.45, 7) is 18.0. The first kappa shape index (κ1) is 62.2. The molecule has 0 aliphatic carbocycles. The number of para-hydroxylation sites is 9. The van der Waals surface area contributed by atoms with E-state index in [4.69, 9.17) is 69.5 Å². The number of rotatable bonds is 18. The number of benzene rings is 9. The van der Waals surface area contributed by atoms with Gasteiger partial charge in [-0.1, -0.05) is 164 Å². The van der Waals surface area contributed by atoms with Crippen LogP contribution in [0.5, 0.6) is 51.7 Å². The van der Waals surface area contributed by atoms with Crippen molar-refractivity contribution in [1.29, 1.82) is 0 Å². The van der Waals surface area contributed by atoms with Gasteiger partial charge in [-0.3, -0.25) is 0 Å². The van der Waals surface area contributed by atoms with Gasteiger partial charge in [-0.25, -0.2) is 0 Å². The zero-order valence-corrected chi connectivity index (χ0v) is 52.6. The van der Waals surface area contributed by atoms with Crippen LogP contribution >= 0.6 is 54.6 Å². The SMILES string of the molecule is Cc1ccccc1OP(Oc1ccccc1C)Oc1ccccc1C.Cc1ccccc1OP(Oc1ccccc1C)Oc1ccccc1C.Cc1ccccc1OP(Oc1ccccc1C)Oc1ccccc1C.[Cl][Ir]([Cl])[Cl]. The molecule has 414 valence electrons. The van der Waals surface area contributed by atoms with E-state index in [1.807, 2.05) is 281 Å². The number of aryl methyl sites for hydroxylation is 9. The molecule has 0 fully saturated rings. The molecule has 16 heteroatoms. The summed E-state index contributed by atoms with van der Waals surface area (Å²) in [5.74, 6) is 6.84. The summed E-state index contributed by atoms with van der Waals surface area (Å²) in [4.78, 5) is 0. The van der Waals surface area contributed by atoms with Crippen molar-refractivity contribution >= 4 is 54.6 Å². The fraction of sp³-hybridized carbons (Fsp3) is 0.143. The van der Waals surface area contributed by atoms with Crippen LogP contribution in [0.4, 0.5) is 0 Å². The number of hydrogen-bond donors (Lipinski definition) is 0. The normalized spacial score (nSPS) is 10.6. The van der Waals surface area contributed by atoms with Crippen LogP contribution in [0.25, 0.3) is 0 Å². The van der Waals surface area contributed by atoms with Crippen LogP contribution in [-0.4, -0.2) is 0 Å². The van der Waals surface area contributed by atoms with Crippen LogP contribution in [0.3, 0.4) is 0 Å². The standard InChI is InChI=1S/3C21H21O3P.3ClH.Ir/c3*1-16-10-4-7-13-19(16)22-25(23-20-14-8-5-11-17(20)2)24-21-15-9-6-12-18(21)3;;;;/h3*4-15H,1-3H3;3*1H;/q;;;;;;+3/p-3. The zero-order chi connectivity index (χ0) is 56.5. The predicted octanol–water partition coefficient (Wildman–Crippen LogP) is 21.2. The van der Waals surface area contributed by atoms with E-state index in [-0.39, 0.29) is 0 Å². The summed E-state index contributed by atoms with van der Waals surface area (Å²) >= 11 is -1.92. The van der Waals surface area contributed by atoms with Crippen LogP contribution in [0.15, 0.2) is 218 Å². The van der Waals surface area contributed by atoms with Crippen molar-refractivity contribution in [1.82, 2.24) is 0 Å². The van der Waals surface area contributed by atoms with Crippen LogP contribution < -0.4 is 40.7 Å². The first-order chi connectivity index (χ1) is 38.1. The monoisotopic (exact) mass is 1350 g/mol. The van der Waals surface area contributed by atoms with Gasteiger partial charge < -0.3 is 40.7 Å². The molecule has 9 rings (SSSR count). The molecule has 0 heterocycles. The van der Waals surface area contributed by atoms with Crippen molar-refractivity contribution in [2.75, 3.05) is 0 Å². The quantitative estimate of drug-likeness (QED) is 0.0780. The van der Waals surface area contributed by atoms with Crippen molar-refractivity contribution in [3.63, 3.8) is 0 Å². The van der Waals surface area contributed by atoms with E-state index >= 15 is 0 Å². The molecular formula is C63H63Cl3IrO9P3. The number of hydrogen-bond acceptors (Lipinski definition) is 9. The van der Waals surface area contributed by atoms with Gasteiger partial charge in [0, 0.05) is 0 Å². The third-order valence-electron chi connectivity index (χ3n) is 11.4. The fourth-order valence-electron chi connectivity index (χ4n) is 6.82. The third kappa shape index (κ3) is 21.2. The molecule has 0 aromatic heterocycles. The average Bonchev–Trinajstić information content (AvgIpc) is 3.43. The van der Waals surface area contributed by atoms with Gasteiger partial charge in [0.2, 0.25) is 0 Å². The van der Waals surface area contributed by atoms with Crippen molar-refractivity contribution in [2.24, 2.45) is 0 Å². The molecule has 0 amide bonds. The minimum absolute atomic E-state index is 0.760. The summed E-state index contributed by atoms with van der Waals surface area (Å²) in [5.41, 5.74) is 9.35. The molecule has 79 heavy (non-hydrogen) atoms. The molecule has 0 aliphatic rings. The molecule has 0 saturated carbocycles. The van der Waals surface area contributed by atoms with E-state index in [0.29, 0.717) is 0 Å². The van der Waals surface area contributed by atoms with Gasteiger partial charge in [-0.15, -0.1) is 0 Å². The van der Waals surface area contributed by atoms with Gasteiger partial charge in [-0.05, 0) is 167 Å².